The molecule has 0 bridgehead atoms. The fraction of sp³-hybridized carbons (Fsp3) is 0.167. The number of benzene rings is 1. The number of aromatic amines is 1. The molecule has 5 heteroatoms. The Morgan fingerprint density at radius 2 is 2.06 bits per heavy atom. The summed E-state index contributed by atoms with van der Waals surface area (Å²) in [6.45, 7) is 3.10. The van der Waals surface area contributed by atoms with Crippen molar-refractivity contribution in [2.75, 3.05) is 0 Å². The summed E-state index contributed by atoms with van der Waals surface area (Å²) in [4.78, 5) is 17.7. The van der Waals surface area contributed by atoms with Crippen LogP contribution in [-0.2, 0) is 0 Å². The first kappa shape index (κ1) is 11.3. The predicted octanol–water partition coefficient (Wildman–Crippen LogP) is 1.90. The third-order valence-corrected chi connectivity index (χ3v) is 2.57. The van der Waals surface area contributed by atoms with Gasteiger partial charge in [-0.1, -0.05) is 12.1 Å². The Kier molecular flexibility index (Phi) is 2.67. The van der Waals surface area contributed by atoms with Crippen molar-refractivity contribution in [1.29, 1.82) is 0 Å². The van der Waals surface area contributed by atoms with Crippen LogP contribution in [0.25, 0.3) is 11.4 Å². The standard InChI is InChI=1S/C12H11FN2O2/c1-6-3-4-8(5-9(6)13)10-14-11(16)7(2)12(17)15-10/h3-5H,1-2H3,(H2,14,15,16,17). The average molecular weight is 234 g/mol. The topological polar surface area (TPSA) is 66.0 Å². The summed E-state index contributed by atoms with van der Waals surface area (Å²) in [5, 5.41) is 9.44. The normalized spacial score (nSPS) is 10.5. The zero-order valence-corrected chi connectivity index (χ0v) is 9.41. The lowest BCUT2D eigenvalue weighted by molar-refractivity contribution is 0.447. The fourth-order valence-corrected chi connectivity index (χ4v) is 1.40. The summed E-state index contributed by atoms with van der Waals surface area (Å²) in [6.07, 6.45) is 0. The van der Waals surface area contributed by atoms with Crippen LogP contribution in [0.15, 0.2) is 23.0 Å². The van der Waals surface area contributed by atoms with Gasteiger partial charge in [-0.3, -0.25) is 4.79 Å². The Morgan fingerprint density at radius 1 is 1.35 bits per heavy atom. The van der Waals surface area contributed by atoms with Gasteiger partial charge in [-0.2, -0.15) is 4.98 Å². The molecule has 4 nitrogen and oxygen atoms in total. The Morgan fingerprint density at radius 3 is 2.65 bits per heavy atom. The minimum absolute atomic E-state index is 0.140. The molecule has 0 radical (unpaired) electrons. The fourth-order valence-electron chi connectivity index (χ4n) is 1.40. The number of nitrogens with one attached hydrogen (secondary N) is 1. The molecular weight excluding hydrogens is 223 g/mol. The Bertz CT molecular complexity index is 635. The van der Waals surface area contributed by atoms with Gasteiger partial charge in [0.05, 0.1) is 5.56 Å². The van der Waals surface area contributed by atoms with E-state index in [1.54, 1.807) is 19.1 Å². The van der Waals surface area contributed by atoms with Gasteiger partial charge in [-0.15, -0.1) is 0 Å². The Hall–Kier alpha value is -2.17. The smallest absolute Gasteiger partial charge is 0.257 e. The van der Waals surface area contributed by atoms with Gasteiger partial charge in [0.2, 0.25) is 5.88 Å². The molecule has 0 aliphatic heterocycles. The molecule has 0 aliphatic rings. The summed E-state index contributed by atoms with van der Waals surface area (Å²) in [5.74, 6) is -0.577. The van der Waals surface area contributed by atoms with Gasteiger partial charge in [0.15, 0.2) is 0 Å². The second-order valence-electron chi connectivity index (χ2n) is 3.83. The number of halogens is 1. The maximum absolute atomic E-state index is 13.4. The molecule has 0 spiro atoms. The highest BCUT2D eigenvalue weighted by molar-refractivity contribution is 5.56. The number of aromatic hydroxyl groups is 1. The summed E-state index contributed by atoms with van der Waals surface area (Å²) in [7, 11) is 0. The molecular formula is C12H11FN2O2. The number of hydrogen-bond donors (Lipinski definition) is 2. The number of aryl methyl sites for hydroxylation is 1. The quantitative estimate of drug-likeness (QED) is 0.792. The van der Waals surface area contributed by atoms with Crippen molar-refractivity contribution < 1.29 is 9.50 Å². The second kappa shape index (κ2) is 4.01. The summed E-state index contributed by atoms with van der Waals surface area (Å²) < 4.78 is 13.4. The molecule has 0 fully saturated rings. The van der Waals surface area contributed by atoms with Crippen molar-refractivity contribution in [2.24, 2.45) is 0 Å². The summed E-state index contributed by atoms with van der Waals surface area (Å²) in [5.41, 5.74) is 0.628. The zero-order chi connectivity index (χ0) is 12.6. The predicted molar refractivity (Wildman–Crippen MR) is 61.4 cm³/mol. The van der Waals surface area contributed by atoms with Crippen LogP contribution < -0.4 is 5.56 Å². The van der Waals surface area contributed by atoms with Crippen LogP contribution in [0.2, 0.25) is 0 Å². The van der Waals surface area contributed by atoms with Gasteiger partial charge in [0, 0.05) is 5.56 Å². The Labute approximate surface area is 96.8 Å². The van der Waals surface area contributed by atoms with Gasteiger partial charge in [-0.05, 0) is 25.5 Å². The number of aromatic nitrogens is 2. The van der Waals surface area contributed by atoms with E-state index < -0.39 is 5.56 Å². The molecule has 0 atom stereocenters. The number of nitrogens with zero attached hydrogens (tertiary/aromatic N) is 1. The summed E-state index contributed by atoms with van der Waals surface area (Å²) in [6, 6.07) is 4.48. The van der Waals surface area contributed by atoms with E-state index in [1.165, 1.54) is 13.0 Å². The van der Waals surface area contributed by atoms with E-state index in [2.05, 4.69) is 9.97 Å². The molecule has 0 saturated carbocycles. The van der Waals surface area contributed by atoms with Gasteiger partial charge in [-0.25, -0.2) is 4.39 Å². The van der Waals surface area contributed by atoms with E-state index in [0.717, 1.165) is 0 Å². The molecule has 0 aliphatic carbocycles. The van der Waals surface area contributed by atoms with Gasteiger partial charge >= 0.3 is 0 Å². The van der Waals surface area contributed by atoms with E-state index in [1.807, 2.05) is 0 Å². The van der Waals surface area contributed by atoms with E-state index >= 15 is 0 Å². The molecule has 1 aromatic heterocycles. The molecule has 0 amide bonds. The van der Waals surface area contributed by atoms with Crippen LogP contribution in [0.4, 0.5) is 4.39 Å². The first-order valence-electron chi connectivity index (χ1n) is 5.05. The van der Waals surface area contributed by atoms with E-state index in [0.29, 0.717) is 11.1 Å². The molecule has 1 heterocycles. The van der Waals surface area contributed by atoms with Crippen molar-refractivity contribution in [2.45, 2.75) is 13.8 Å². The van der Waals surface area contributed by atoms with E-state index in [4.69, 9.17) is 0 Å². The van der Waals surface area contributed by atoms with E-state index in [-0.39, 0.29) is 23.1 Å². The van der Waals surface area contributed by atoms with Gasteiger partial charge < -0.3 is 10.1 Å². The molecule has 88 valence electrons. The molecule has 2 N–H and O–H groups in total. The lowest BCUT2D eigenvalue weighted by Gasteiger charge is -2.04. The first-order chi connectivity index (χ1) is 7.99. The average Bonchev–Trinajstić information content (AvgIpc) is 2.29. The van der Waals surface area contributed by atoms with Crippen molar-refractivity contribution >= 4 is 0 Å². The highest BCUT2D eigenvalue weighted by Gasteiger charge is 2.09. The van der Waals surface area contributed by atoms with Crippen molar-refractivity contribution in [3.8, 4) is 17.3 Å². The third-order valence-electron chi connectivity index (χ3n) is 2.57. The highest BCUT2D eigenvalue weighted by atomic mass is 19.1. The zero-order valence-electron chi connectivity index (χ0n) is 9.41. The van der Waals surface area contributed by atoms with Crippen LogP contribution >= 0.6 is 0 Å². The van der Waals surface area contributed by atoms with Crippen LogP contribution in [-0.4, -0.2) is 15.1 Å². The molecule has 1 aromatic carbocycles. The van der Waals surface area contributed by atoms with Crippen molar-refractivity contribution in [3.05, 3.63) is 45.5 Å². The molecule has 0 unspecified atom stereocenters. The number of rotatable bonds is 1. The van der Waals surface area contributed by atoms with Gasteiger partial charge in [0.1, 0.15) is 11.6 Å². The first-order valence-corrected chi connectivity index (χ1v) is 5.05. The number of H-pyrrole nitrogens is 1. The third kappa shape index (κ3) is 2.04. The molecule has 2 rings (SSSR count). The largest absolute Gasteiger partial charge is 0.493 e. The monoisotopic (exact) mass is 234 g/mol. The second-order valence-corrected chi connectivity index (χ2v) is 3.83. The van der Waals surface area contributed by atoms with Crippen molar-refractivity contribution in [1.82, 2.24) is 9.97 Å². The van der Waals surface area contributed by atoms with Crippen LogP contribution in [0.5, 0.6) is 5.88 Å². The van der Waals surface area contributed by atoms with Crippen LogP contribution in [0.3, 0.4) is 0 Å². The minimum atomic E-state index is -0.437. The molecule has 2 aromatic rings. The highest BCUT2D eigenvalue weighted by Crippen LogP contribution is 2.19. The van der Waals surface area contributed by atoms with E-state index in [9.17, 15) is 14.3 Å². The minimum Gasteiger partial charge on any atom is -0.493 e. The van der Waals surface area contributed by atoms with Crippen LogP contribution in [0.1, 0.15) is 11.1 Å². The lowest BCUT2D eigenvalue weighted by Crippen LogP contribution is -2.12. The molecule has 17 heavy (non-hydrogen) atoms. The van der Waals surface area contributed by atoms with Crippen LogP contribution in [0, 0.1) is 19.7 Å². The maximum atomic E-state index is 13.4. The Balaban J connectivity index is 2.61. The number of hydrogen-bond acceptors (Lipinski definition) is 3. The SMILES string of the molecule is Cc1ccc(-c2nc(O)c(C)c(=O)[nH]2)cc1F. The van der Waals surface area contributed by atoms with Gasteiger partial charge in [0.25, 0.3) is 5.56 Å². The van der Waals surface area contributed by atoms with Crippen molar-refractivity contribution in [3.63, 3.8) is 0 Å². The summed E-state index contributed by atoms with van der Waals surface area (Å²) >= 11 is 0. The lowest BCUT2D eigenvalue weighted by atomic mass is 10.1. The maximum Gasteiger partial charge on any atom is 0.257 e. The molecule has 0 saturated heterocycles.